The number of piperazine rings is 1. The second kappa shape index (κ2) is 14.0. The van der Waals surface area contributed by atoms with Crippen LogP contribution in [0.2, 0.25) is 0 Å². The third-order valence-corrected chi connectivity index (χ3v) is 9.96. The molecule has 0 unspecified atom stereocenters. The van der Waals surface area contributed by atoms with Gasteiger partial charge in [0.2, 0.25) is 11.7 Å². The van der Waals surface area contributed by atoms with E-state index in [1.165, 1.54) is 21.1 Å². The molecular weight excluding hydrogens is 646 g/mol. The highest BCUT2D eigenvalue weighted by Gasteiger charge is 2.58. The molecule has 2 bridgehead atoms. The van der Waals surface area contributed by atoms with Gasteiger partial charge in [0.15, 0.2) is 29.8 Å². The van der Waals surface area contributed by atoms with Gasteiger partial charge in [-0.25, -0.2) is 4.79 Å². The standard InChI is InChI=1S/C36H47N5O9/c1-17-11-20-12-22-24(14-37)41-23(28(40(22)7)26(20)33(31(17)47-9)49-16-46-8)13-21-27(30(43)32(48-10)18(2)29(21)42)25(41)15-38-34(44)19(3)39-35(45)50-36(4,5)6/h11,19,22-25,28H,12-13,15-16H2,1-10H3,(H,38,44)(H,39,45)/t19-,22+,23-,24-,25-,28-/m0/s1. The van der Waals surface area contributed by atoms with Crippen molar-refractivity contribution in [2.45, 2.75) is 96.2 Å². The fourth-order valence-electron chi connectivity index (χ4n) is 7.95. The lowest BCUT2D eigenvalue weighted by Crippen LogP contribution is -2.71. The number of rotatable bonds is 9. The Morgan fingerprint density at radius 1 is 1.06 bits per heavy atom. The first kappa shape index (κ1) is 36.8. The molecule has 3 heterocycles. The van der Waals surface area contributed by atoms with Crippen LogP contribution in [0.1, 0.15) is 63.8 Å². The van der Waals surface area contributed by atoms with Crippen molar-refractivity contribution in [3.63, 3.8) is 0 Å². The number of likely N-dealkylation sites (N-methyl/N-ethyl adjacent to an activating group) is 1. The minimum absolute atomic E-state index is 0.0302. The number of fused-ring (bicyclic) bond motifs is 6. The number of alkyl carbamates (subject to hydrolysis) is 1. The Bertz CT molecular complexity index is 1700. The van der Waals surface area contributed by atoms with Crippen LogP contribution in [-0.4, -0.2) is 111 Å². The van der Waals surface area contributed by atoms with Gasteiger partial charge in [-0.3, -0.25) is 24.2 Å². The number of hydrogen-bond donors (Lipinski definition) is 2. The number of nitrogens with zero attached hydrogens (tertiary/aromatic N) is 3. The van der Waals surface area contributed by atoms with Gasteiger partial charge in [0, 0.05) is 48.0 Å². The van der Waals surface area contributed by atoms with Gasteiger partial charge >= 0.3 is 6.09 Å². The van der Waals surface area contributed by atoms with Crippen LogP contribution >= 0.6 is 0 Å². The Kier molecular flexibility index (Phi) is 10.3. The summed E-state index contributed by atoms with van der Waals surface area (Å²) in [6.45, 7) is 10.0. The average Bonchev–Trinajstić information content (AvgIpc) is 3.04. The molecule has 50 heavy (non-hydrogen) atoms. The van der Waals surface area contributed by atoms with Crippen molar-refractivity contribution in [3.05, 3.63) is 45.2 Å². The molecule has 5 rings (SSSR count). The van der Waals surface area contributed by atoms with Gasteiger partial charge in [0.1, 0.15) is 17.7 Å². The molecule has 2 amide bonds. The molecule has 3 aliphatic heterocycles. The predicted molar refractivity (Wildman–Crippen MR) is 180 cm³/mol. The highest BCUT2D eigenvalue weighted by atomic mass is 16.7. The van der Waals surface area contributed by atoms with Gasteiger partial charge in [-0.1, -0.05) is 6.07 Å². The number of aryl methyl sites for hydroxylation is 1. The third kappa shape index (κ3) is 6.34. The van der Waals surface area contributed by atoms with E-state index in [2.05, 4.69) is 27.7 Å². The van der Waals surface area contributed by atoms with E-state index >= 15 is 0 Å². The van der Waals surface area contributed by atoms with Gasteiger partial charge < -0.3 is 34.3 Å². The monoisotopic (exact) mass is 693 g/mol. The molecule has 14 heteroatoms. The molecule has 0 saturated carbocycles. The fraction of sp³-hybridized carbons (Fsp3) is 0.583. The largest absolute Gasteiger partial charge is 0.493 e. The minimum Gasteiger partial charge on any atom is -0.493 e. The molecule has 1 aromatic rings. The molecule has 0 aromatic heterocycles. The first-order valence-corrected chi connectivity index (χ1v) is 16.7. The summed E-state index contributed by atoms with van der Waals surface area (Å²) in [6, 6.07) is 0.775. The van der Waals surface area contributed by atoms with E-state index in [0.717, 1.165) is 16.7 Å². The highest BCUT2D eigenvalue weighted by molar-refractivity contribution is 6.25. The van der Waals surface area contributed by atoms with E-state index in [9.17, 15) is 24.4 Å². The van der Waals surface area contributed by atoms with Crippen LogP contribution in [0, 0.1) is 18.3 Å². The zero-order valence-corrected chi connectivity index (χ0v) is 30.4. The maximum absolute atomic E-state index is 14.1. The Hall–Kier alpha value is -4.45. The van der Waals surface area contributed by atoms with Crippen molar-refractivity contribution in [3.8, 4) is 17.6 Å². The number of benzene rings is 1. The van der Waals surface area contributed by atoms with Crippen molar-refractivity contribution in [2.75, 3.05) is 41.7 Å². The molecule has 1 fully saturated rings. The number of Topliss-reactive ketones (excluding diaryl/α,β-unsaturated/α-hetero) is 2. The zero-order chi connectivity index (χ0) is 36.8. The lowest BCUT2D eigenvalue weighted by Gasteiger charge is -2.60. The van der Waals surface area contributed by atoms with E-state index in [-0.39, 0.29) is 48.5 Å². The Labute approximate surface area is 292 Å². The molecule has 14 nitrogen and oxygen atoms in total. The van der Waals surface area contributed by atoms with Crippen molar-refractivity contribution in [1.82, 2.24) is 20.4 Å². The molecule has 4 aliphatic rings. The Morgan fingerprint density at radius 3 is 2.36 bits per heavy atom. The summed E-state index contributed by atoms with van der Waals surface area (Å²) in [5.74, 6) is -0.298. The predicted octanol–water partition coefficient (Wildman–Crippen LogP) is 2.63. The maximum atomic E-state index is 14.1. The Morgan fingerprint density at radius 2 is 1.76 bits per heavy atom. The van der Waals surface area contributed by atoms with E-state index in [4.69, 9.17) is 23.7 Å². The molecule has 270 valence electrons. The van der Waals surface area contributed by atoms with E-state index in [0.29, 0.717) is 23.5 Å². The average molecular weight is 694 g/mol. The lowest BCUT2D eigenvalue weighted by atomic mass is 9.69. The summed E-state index contributed by atoms with van der Waals surface area (Å²) in [5.41, 5.74) is 2.68. The van der Waals surface area contributed by atoms with Gasteiger partial charge in [-0.2, -0.15) is 5.26 Å². The number of methoxy groups -OCH3 is 3. The first-order valence-electron chi connectivity index (χ1n) is 16.7. The molecule has 6 atom stereocenters. The summed E-state index contributed by atoms with van der Waals surface area (Å²) in [5, 5.41) is 16.2. The summed E-state index contributed by atoms with van der Waals surface area (Å²) >= 11 is 0. The lowest BCUT2D eigenvalue weighted by molar-refractivity contribution is -0.125. The van der Waals surface area contributed by atoms with Crippen LogP contribution < -0.4 is 20.1 Å². The number of hydrogen-bond acceptors (Lipinski definition) is 12. The second-order valence-electron chi connectivity index (χ2n) is 14.2. The van der Waals surface area contributed by atoms with E-state index in [1.807, 2.05) is 18.9 Å². The second-order valence-corrected chi connectivity index (χ2v) is 14.2. The Balaban J connectivity index is 1.62. The molecule has 0 radical (unpaired) electrons. The van der Waals surface area contributed by atoms with Crippen molar-refractivity contribution in [1.29, 1.82) is 5.26 Å². The zero-order valence-electron chi connectivity index (χ0n) is 30.4. The number of allylic oxidation sites excluding steroid dienone is 2. The smallest absolute Gasteiger partial charge is 0.408 e. The maximum Gasteiger partial charge on any atom is 0.408 e. The summed E-state index contributed by atoms with van der Waals surface area (Å²) in [4.78, 5) is 58.1. The summed E-state index contributed by atoms with van der Waals surface area (Å²) in [7, 11) is 6.41. The number of carbonyl (C=O) groups is 4. The van der Waals surface area contributed by atoms with Crippen LogP contribution in [0.4, 0.5) is 4.79 Å². The van der Waals surface area contributed by atoms with E-state index in [1.54, 1.807) is 34.8 Å². The van der Waals surface area contributed by atoms with Gasteiger partial charge in [-0.05, 0) is 72.6 Å². The molecule has 1 saturated heterocycles. The van der Waals surface area contributed by atoms with Crippen LogP contribution in [0.15, 0.2) is 28.5 Å². The van der Waals surface area contributed by atoms with Crippen LogP contribution in [0.25, 0.3) is 0 Å². The molecular formula is C36H47N5O9. The van der Waals surface area contributed by atoms with Crippen molar-refractivity contribution >= 4 is 23.6 Å². The quantitative estimate of drug-likeness (QED) is 0.287. The third-order valence-electron chi connectivity index (χ3n) is 9.96. The molecule has 1 aliphatic carbocycles. The highest BCUT2D eigenvalue weighted by Crippen LogP contribution is 2.54. The van der Waals surface area contributed by atoms with E-state index < -0.39 is 53.6 Å². The fourth-order valence-corrected chi connectivity index (χ4v) is 7.95. The molecule has 1 aromatic carbocycles. The van der Waals surface area contributed by atoms with Crippen molar-refractivity contribution < 1.29 is 42.9 Å². The number of ketones is 2. The van der Waals surface area contributed by atoms with Gasteiger partial charge in [-0.15, -0.1) is 0 Å². The summed E-state index contributed by atoms with van der Waals surface area (Å²) < 4.78 is 28.1. The molecule has 0 spiro atoms. The number of ether oxygens (including phenoxy) is 5. The number of amides is 2. The number of nitriles is 1. The van der Waals surface area contributed by atoms with Gasteiger partial charge in [0.25, 0.3) is 0 Å². The number of nitrogens with one attached hydrogen (secondary N) is 2. The van der Waals surface area contributed by atoms with Crippen LogP contribution in [0.3, 0.4) is 0 Å². The van der Waals surface area contributed by atoms with Crippen molar-refractivity contribution in [2.24, 2.45) is 0 Å². The van der Waals surface area contributed by atoms with Crippen LogP contribution in [-0.2, 0) is 35.0 Å². The number of carbonyl (C=O) groups excluding carboxylic acids is 4. The summed E-state index contributed by atoms with van der Waals surface area (Å²) in [6.07, 6.45) is -0.0997. The topological polar surface area (TPSA) is 169 Å². The normalized spacial score (nSPS) is 25.5. The first-order chi connectivity index (χ1) is 23.6. The SMILES string of the molecule is COCOc1c(OC)c(C)cc2c1[C@@H]1[C@@H]3CC4=C(C(=O)C(OC)=C(C)C4=O)[C@H](CNC(=O)[C@H](C)NC(=O)OC(C)(C)C)N3[C@@H](C#N)[C@@H](C2)N1C. The molecule has 2 N–H and O–H groups in total. The van der Waals surface area contributed by atoms with Crippen LogP contribution in [0.5, 0.6) is 11.5 Å². The minimum atomic E-state index is -0.986. The van der Waals surface area contributed by atoms with Gasteiger partial charge in [0.05, 0.1) is 32.4 Å².